The second-order valence-corrected chi connectivity index (χ2v) is 7.84. The Balaban J connectivity index is 1.73. The molecule has 0 aliphatic heterocycles. The van der Waals surface area contributed by atoms with Crippen LogP contribution in [-0.2, 0) is 0 Å². The zero-order valence-corrected chi connectivity index (χ0v) is 19.4. The number of carbonyl (C=O) groups is 1. The van der Waals surface area contributed by atoms with Crippen LogP contribution in [0.2, 0.25) is 0 Å². The topological polar surface area (TPSA) is 73.8 Å². The van der Waals surface area contributed by atoms with E-state index >= 15 is 0 Å². The Morgan fingerprint density at radius 2 is 1.73 bits per heavy atom. The maximum atomic E-state index is 11.6. The number of hydroxylamine groups is 1. The van der Waals surface area contributed by atoms with E-state index in [4.69, 9.17) is 9.94 Å². The highest BCUT2D eigenvalue weighted by Crippen LogP contribution is 2.25. The van der Waals surface area contributed by atoms with Crippen LogP contribution in [0.4, 0.5) is 0 Å². The third-order valence-electron chi connectivity index (χ3n) is 5.66. The van der Waals surface area contributed by atoms with E-state index in [1.54, 1.807) is 17.6 Å². The SMILES string of the molecule is CCN(CC)CCNC/C(=C/c1ccc(C(=O)NO)cc1)COc1cccc2ccccc12. The number of amides is 1. The quantitative estimate of drug-likeness (QED) is 0.219. The zero-order chi connectivity index (χ0) is 23.5. The second kappa shape index (κ2) is 12.7. The standard InChI is InChI=1S/C27H33N3O3/c1-3-30(4-2)17-16-28-19-22(18-21-12-14-24(15-13-21)27(31)29-32)20-33-26-11-7-9-23-8-5-6-10-25(23)26/h5-15,18,28,32H,3-4,16-17,19-20H2,1-2H3,(H,29,31)/b22-18-. The fourth-order valence-corrected chi connectivity index (χ4v) is 3.69. The molecule has 1 amide bonds. The van der Waals surface area contributed by atoms with Crippen LogP contribution in [0.3, 0.4) is 0 Å². The molecule has 0 aliphatic carbocycles. The van der Waals surface area contributed by atoms with Crippen molar-refractivity contribution in [3.8, 4) is 5.75 Å². The first-order chi connectivity index (χ1) is 16.1. The Hall–Kier alpha value is -3.19. The van der Waals surface area contributed by atoms with E-state index in [2.05, 4.69) is 48.3 Å². The molecule has 0 radical (unpaired) electrons. The molecule has 174 valence electrons. The Bertz CT molecular complexity index is 1050. The van der Waals surface area contributed by atoms with E-state index in [0.717, 1.165) is 53.8 Å². The predicted molar refractivity (Wildman–Crippen MR) is 134 cm³/mol. The minimum absolute atomic E-state index is 0.403. The van der Waals surface area contributed by atoms with E-state index in [0.29, 0.717) is 18.7 Å². The molecule has 3 N–H and O–H groups in total. The molecule has 0 fully saturated rings. The Morgan fingerprint density at radius 1 is 1.00 bits per heavy atom. The number of benzene rings is 3. The molecule has 33 heavy (non-hydrogen) atoms. The van der Waals surface area contributed by atoms with E-state index < -0.39 is 5.91 Å². The number of likely N-dealkylation sites (N-methyl/N-ethyl adjacent to an activating group) is 1. The van der Waals surface area contributed by atoms with Gasteiger partial charge in [-0.25, -0.2) is 5.48 Å². The van der Waals surface area contributed by atoms with Crippen molar-refractivity contribution in [1.82, 2.24) is 15.7 Å². The summed E-state index contributed by atoms with van der Waals surface area (Å²) < 4.78 is 6.24. The van der Waals surface area contributed by atoms with E-state index in [9.17, 15) is 4.79 Å². The molecule has 6 heteroatoms. The maximum absolute atomic E-state index is 11.6. The molecule has 0 unspecified atom stereocenters. The Morgan fingerprint density at radius 3 is 2.45 bits per heavy atom. The van der Waals surface area contributed by atoms with Gasteiger partial charge in [0.1, 0.15) is 12.4 Å². The van der Waals surface area contributed by atoms with Gasteiger partial charge >= 0.3 is 0 Å². The zero-order valence-electron chi connectivity index (χ0n) is 19.4. The van der Waals surface area contributed by atoms with Crippen LogP contribution in [0, 0.1) is 0 Å². The highest BCUT2D eigenvalue weighted by molar-refractivity contribution is 5.93. The van der Waals surface area contributed by atoms with Gasteiger partial charge in [0.05, 0.1) is 0 Å². The molecule has 0 aromatic heterocycles. The maximum Gasteiger partial charge on any atom is 0.274 e. The molecule has 0 saturated heterocycles. The van der Waals surface area contributed by atoms with Crippen LogP contribution >= 0.6 is 0 Å². The number of hydrogen-bond donors (Lipinski definition) is 3. The highest BCUT2D eigenvalue weighted by Gasteiger charge is 2.07. The number of fused-ring (bicyclic) bond motifs is 1. The fraction of sp³-hybridized carbons (Fsp3) is 0.296. The lowest BCUT2D eigenvalue weighted by Crippen LogP contribution is -2.33. The number of nitrogens with zero attached hydrogens (tertiary/aromatic N) is 1. The van der Waals surface area contributed by atoms with Crippen LogP contribution < -0.4 is 15.5 Å². The fourth-order valence-electron chi connectivity index (χ4n) is 3.69. The molecule has 3 rings (SSSR count). The van der Waals surface area contributed by atoms with Crippen molar-refractivity contribution in [1.29, 1.82) is 0 Å². The van der Waals surface area contributed by atoms with Crippen LogP contribution in [0.5, 0.6) is 5.75 Å². The molecule has 3 aromatic carbocycles. The summed E-state index contributed by atoms with van der Waals surface area (Å²) in [5, 5.41) is 14.6. The monoisotopic (exact) mass is 447 g/mol. The van der Waals surface area contributed by atoms with Crippen molar-refractivity contribution >= 4 is 22.8 Å². The molecule has 0 aliphatic rings. The first-order valence-corrected chi connectivity index (χ1v) is 11.4. The van der Waals surface area contributed by atoms with E-state index in [1.807, 2.05) is 36.4 Å². The lowest BCUT2D eigenvalue weighted by Gasteiger charge is -2.19. The lowest BCUT2D eigenvalue weighted by atomic mass is 10.1. The van der Waals surface area contributed by atoms with Crippen molar-refractivity contribution in [2.24, 2.45) is 0 Å². The summed E-state index contributed by atoms with van der Waals surface area (Å²) in [6.45, 7) is 9.47. The van der Waals surface area contributed by atoms with Crippen molar-refractivity contribution in [2.75, 3.05) is 39.3 Å². The number of carbonyl (C=O) groups excluding carboxylic acids is 1. The summed E-state index contributed by atoms with van der Waals surface area (Å²) in [5.74, 6) is 0.334. The first-order valence-electron chi connectivity index (χ1n) is 11.4. The summed E-state index contributed by atoms with van der Waals surface area (Å²) in [7, 11) is 0. The third kappa shape index (κ3) is 7.15. The van der Waals surface area contributed by atoms with Gasteiger partial charge in [-0.05, 0) is 47.8 Å². The van der Waals surface area contributed by atoms with E-state index in [-0.39, 0.29) is 0 Å². The molecule has 0 bridgehead atoms. The summed E-state index contributed by atoms with van der Waals surface area (Å²) in [4.78, 5) is 14.0. The Kier molecular flexibility index (Phi) is 9.44. The summed E-state index contributed by atoms with van der Waals surface area (Å²) in [6.07, 6.45) is 2.08. The summed E-state index contributed by atoms with van der Waals surface area (Å²) in [5.41, 5.74) is 4.13. The van der Waals surface area contributed by atoms with Crippen LogP contribution in [-0.4, -0.2) is 55.3 Å². The van der Waals surface area contributed by atoms with Gasteiger partial charge < -0.3 is 15.0 Å². The molecule has 0 spiro atoms. The van der Waals surface area contributed by atoms with Gasteiger partial charge in [0.15, 0.2) is 0 Å². The molecule has 0 atom stereocenters. The van der Waals surface area contributed by atoms with Gasteiger partial charge in [-0.3, -0.25) is 10.0 Å². The van der Waals surface area contributed by atoms with Crippen molar-refractivity contribution in [3.63, 3.8) is 0 Å². The van der Waals surface area contributed by atoms with Crippen molar-refractivity contribution in [3.05, 3.63) is 83.4 Å². The molecular formula is C27H33N3O3. The summed E-state index contributed by atoms with van der Waals surface area (Å²) >= 11 is 0. The number of hydrogen-bond acceptors (Lipinski definition) is 5. The average molecular weight is 448 g/mol. The highest BCUT2D eigenvalue weighted by atomic mass is 16.5. The van der Waals surface area contributed by atoms with Crippen molar-refractivity contribution in [2.45, 2.75) is 13.8 Å². The number of rotatable bonds is 12. The largest absolute Gasteiger partial charge is 0.489 e. The third-order valence-corrected chi connectivity index (χ3v) is 5.66. The molecule has 6 nitrogen and oxygen atoms in total. The Labute approximate surface area is 195 Å². The minimum Gasteiger partial charge on any atom is -0.489 e. The van der Waals surface area contributed by atoms with Crippen LogP contribution in [0.15, 0.2) is 72.3 Å². The van der Waals surface area contributed by atoms with Gasteiger partial charge in [-0.15, -0.1) is 0 Å². The van der Waals surface area contributed by atoms with Gasteiger partial charge in [0.2, 0.25) is 0 Å². The second-order valence-electron chi connectivity index (χ2n) is 7.84. The van der Waals surface area contributed by atoms with Gasteiger partial charge in [0.25, 0.3) is 5.91 Å². The lowest BCUT2D eigenvalue weighted by molar-refractivity contribution is 0.0706. The number of nitrogens with one attached hydrogen (secondary N) is 2. The molecule has 0 saturated carbocycles. The van der Waals surface area contributed by atoms with Crippen LogP contribution in [0.1, 0.15) is 29.8 Å². The summed E-state index contributed by atoms with van der Waals surface area (Å²) in [6, 6.07) is 21.4. The number of ether oxygens (including phenoxy) is 1. The smallest absolute Gasteiger partial charge is 0.274 e. The van der Waals surface area contributed by atoms with Gasteiger partial charge in [0, 0.05) is 30.6 Å². The van der Waals surface area contributed by atoms with Gasteiger partial charge in [-0.2, -0.15) is 0 Å². The molecule has 0 heterocycles. The van der Waals surface area contributed by atoms with E-state index in [1.165, 1.54) is 0 Å². The normalized spacial score (nSPS) is 11.7. The molecule has 3 aromatic rings. The van der Waals surface area contributed by atoms with Crippen LogP contribution in [0.25, 0.3) is 16.8 Å². The van der Waals surface area contributed by atoms with Crippen molar-refractivity contribution < 1.29 is 14.7 Å². The first kappa shape index (κ1) is 24.5. The predicted octanol–water partition coefficient (Wildman–Crippen LogP) is 4.35. The molecular weight excluding hydrogens is 414 g/mol. The minimum atomic E-state index is -0.525. The average Bonchev–Trinajstić information content (AvgIpc) is 2.87. The van der Waals surface area contributed by atoms with Gasteiger partial charge in [-0.1, -0.05) is 68.5 Å².